The Labute approximate surface area is 151 Å². The van der Waals surface area contributed by atoms with Crippen molar-refractivity contribution in [3.63, 3.8) is 0 Å². The van der Waals surface area contributed by atoms with E-state index in [1.807, 2.05) is 0 Å². The van der Waals surface area contributed by atoms with E-state index in [0.717, 1.165) is 4.31 Å². The van der Waals surface area contributed by atoms with Crippen LogP contribution in [0.2, 0.25) is 0 Å². The van der Waals surface area contributed by atoms with Crippen LogP contribution in [0.25, 0.3) is 0 Å². The van der Waals surface area contributed by atoms with Gasteiger partial charge in [0.2, 0.25) is 10.0 Å². The van der Waals surface area contributed by atoms with Gasteiger partial charge in [-0.15, -0.1) is 0 Å². The Bertz CT molecular complexity index is 859. The molecule has 1 saturated heterocycles. The van der Waals surface area contributed by atoms with E-state index in [0.29, 0.717) is 12.3 Å². The van der Waals surface area contributed by atoms with Crippen molar-refractivity contribution in [1.82, 2.24) is 19.0 Å². The van der Waals surface area contributed by atoms with E-state index in [-0.39, 0.29) is 30.5 Å². The summed E-state index contributed by atoms with van der Waals surface area (Å²) in [6.07, 6.45) is 2.56. The first kappa shape index (κ1) is 18.6. The minimum atomic E-state index is -3.45. The number of hydrogen-bond donors (Lipinski definition) is 1. The monoisotopic (exact) mass is 382 g/mol. The zero-order valence-corrected chi connectivity index (χ0v) is 15.5. The molecule has 0 aliphatic carbocycles. The van der Waals surface area contributed by atoms with Gasteiger partial charge in [-0.2, -0.15) is 5.10 Å². The number of β-amino-alcohol motifs (C(OH)–C–C–N with tert-alkyl or cyclic N) is 1. The van der Waals surface area contributed by atoms with E-state index in [1.54, 1.807) is 35.3 Å². The average Bonchev–Trinajstić information content (AvgIpc) is 3.30. The van der Waals surface area contributed by atoms with Crippen molar-refractivity contribution < 1.29 is 22.7 Å². The number of aliphatic hydroxyl groups is 1. The summed E-state index contributed by atoms with van der Waals surface area (Å²) >= 11 is 0. The highest BCUT2D eigenvalue weighted by molar-refractivity contribution is 7.89. The van der Waals surface area contributed by atoms with Gasteiger partial charge >= 0.3 is 0 Å². The SMILES string of the molecule is CN(C)S(=O)(=O)C[C@@H]1CN(C(=O)c2ccc(Cn3cccn3)o2)C[C@@H]1O. The molecule has 0 aromatic carbocycles. The van der Waals surface area contributed by atoms with Crippen molar-refractivity contribution in [1.29, 1.82) is 0 Å². The zero-order valence-electron chi connectivity index (χ0n) is 14.6. The zero-order chi connectivity index (χ0) is 18.9. The number of hydrogen-bond acceptors (Lipinski definition) is 6. The summed E-state index contributed by atoms with van der Waals surface area (Å²) in [4.78, 5) is 14.0. The Morgan fingerprint density at radius 3 is 2.81 bits per heavy atom. The molecule has 0 unspecified atom stereocenters. The Morgan fingerprint density at radius 2 is 2.15 bits per heavy atom. The van der Waals surface area contributed by atoms with Crippen LogP contribution in [0.1, 0.15) is 16.3 Å². The Hall–Kier alpha value is -2.17. The fourth-order valence-corrected chi connectivity index (χ4v) is 4.06. The largest absolute Gasteiger partial charge is 0.454 e. The highest BCUT2D eigenvalue weighted by Crippen LogP contribution is 2.22. The molecule has 1 aliphatic heterocycles. The molecule has 2 aromatic rings. The predicted molar refractivity (Wildman–Crippen MR) is 92.9 cm³/mol. The normalized spacial score (nSPS) is 20.8. The molecular formula is C16H22N4O5S. The fraction of sp³-hybridized carbons (Fsp3) is 0.500. The van der Waals surface area contributed by atoms with Crippen molar-refractivity contribution in [2.75, 3.05) is 32.9 Å². The van der Waals surface area contributed by atoms with Crippen molar-refractivity contribution >= 4 is 15.9 Å². The number of furan rings is 1. The Morgan fingerprint density at radius 1 is 1.38 bits per heavy atom. The molecule has 3 rings (SSSR count). The third kappa shape index (κ3) is 3.97. The van der Waals surface area contributed by atoms with Crippen LogP contribution >= 0.6 is 0 Å². The van der Waals surface area contributed by atoms with Gasteiger partial charge < -0.3 is 14.4 Å². The summed E-state index contributed by atoms with van der Waals surface area (Å²) < 4.78 is 32.4. The van der Waals surface area contributed by atoms with E-state index in [9.17, 15) is 18.3 Å². The van der Waals surface area contributed by atoms with Gasteiger partial charge in [-0.05, 0) is 18.2 Å². The smallest absolute Gasteiger partial charge is 0.289 e. The van der Waals surface area contributed by atoms with E-state index in [4.69, 9.17) is 4.42 Å². The Balaban J connectivity index is 1.65. The van der Waals surface area contributed by atoms with Crippen molar-refractivity contribution in [3.8, 4) is 0 Å². The van der Waals surface area contributed by atoms with Crippen molar-refractivity contribution in [3.05, 3.63) is 42.1 Å². The molecule has 2 aromatic heterocycles. The minimum absolute atomic E-state index is 0.0850. The predicted octanol–water partition coefficient (Wildman–Crippen LogP) is -0.151. The summed E-state index contributed by atoms with van der Waals surface area (Å²) in [5, 5.41) is 14.2. The van der Waals surface area contributed by atoms with Gasteiger partial charge in [0.25, 0.3) is 5.91 Å². The van der Waals surface area contributed by atoms with Gasteiger partial charge in [-0.25, -0.2) is 12.7 Å². The second-order valence-electron chi connectivity index (χ2n) is 6.57. The first-order chi connectivity index (χ1) is 12.3. The van der Waals surface area contributed by atoms with Crippen LogP contribution in [0.5, 0.6) is 0 Å². The molecule has 1 aliphatic rings. The molecule has 0 spiro atoms. The van der Waals surface area contributed by atoms with Crippen LogP contribution in [-0.4, -0.2) is 77.5 Å². The molecule has 3 heterocycles. The third-order valence-corrected chi connectivity index (χ3v) is 6.39. The molecule has 1 amide bonds. The Kier molecular flexibility index (Phi) is 5.17. The first-order valence-corrected chi connectivity index (χ1v) is 9.81. The van der Waals surface area contributed by atoms with E-state index < -0.39 is 22.0 Å². The van der Waals surface area contributed by atoms with E-state index in [2.05, 4.69) is 5.10 Å². The highest BCUT2D eigenvalue weighted by atomic mass is 32.2. The number of nitrogens with zero attached hydrogens (tertiary/aromatic N) is 4. The number of carbonyl (C=O) groups is 1. The molecule has 1 N–H and O–H groups in total. The summed E-state index contributed by atoms with van der Waals surface area (Å²) in [5.41, 5.74) is 0. The number of likely N-dealkylation sites (tertiary alicyclic amines) is 1. The lowest BCUT2D eigenvalue weighted by atomic mass is 10.1. The van der Waals surface area contributed by atoms with Crippen LogP contribution in [-0.2, 0) is 16.6 Å². The van der Waals surface area contributed by atoms with Gasteiger partial charge in [0.1, 0.15) is 5.76 Å². The van der Waals surface area contributed by atoms with Crippen molar-refractivity contribution in [2.45, 2.75) is 12.6 Å². The average molecular weight is 382 g/mol. The quantitative estimate of drug-likeness (QED) is 0.744. The van der Waals surface area contributed by atoms with E-state index >= 15 is 0 Å². The number of rotatable bonds is 6. The van der Waals surface area contributed by atoms with Gasteiger partial charge in [-0.1, -0.05) is 0 Å². The van der Waals surface area contributed by atoms with Gasteiger partial charge in [0, 0.05) is 45.5 Å². The number of aromatic nitrogens is 2. The molecule has 0 saturated carbocycles. The van der Waals surface area contributed by atoms with Crippen LogP contribution < -0.4 is 0 Å². The first-order valence-electron chi connectivity index (χ1n) is 8.20. The second-order valence-corrected chi connectivity index (χ2v) is 8.80. The lowest BCUT2D eigenvalue weighted by molar-refractivity contribution is 0.0731. The maximum Gasteiger partial charge on any atom is 0.289 e. The lowest BCUT2D eigenvalue weighted by Crippen LogP contribution is -2.33. The minimum Gasteiger partial charge on any atom is -0.454 e. The molecule has 142 valence electrons. The number of amides is 1. The summed E-state index contributed by atoms with van der Waals surface area (Å²) in [6.45, 7) is 0.663. The molecule has 2 atom stereocenters. The summed E-state index contributed by atoms with van der Waals surface area (Å²) in [5.74, 6) is -0.336. The molecule has 0 radical (unpaired) electrons. The second kappa shape index (κ2) is 7.22. The van der Waals surface area contributed by atoms with Crippen LogP contribution in [0.4, 0.5) is 0 Å². The highest BCUT2D eigenvalue weighted by Gasteiger charge is 2.38. The molecule has 0 bridgehead atoms. The number of aliphatic hydroxyl groups excluding tert-OH is 1. The standard InChI is InChI=1S/C16H22N4O5S/c1-18(2)26(23,24)11-12-8-19(10-14(12)21)16(22)15-5-4-13(25-15)9-20-7-3-6-17-20/h3-7,12,14,21H,8-11H2,1-2H3/t12-,14-/m0/s1. The molecule has 1 fully saturated rings. The molecule has 9 nitrogen and oxygen atoms in total. The molecule has 26 heavy (non-hydrogen) atoms. The van der Waals surface area contributed by atoms with Crippen LogP contribution in [0.15, 0.2) is 35.0 Å². The maximum atomic E-state index is 12.6. The summed E-state index contributed by atoms with van der Waals surface area (Å²) in [7, 11) is -0.555. The molecular weight excluding hydrogens is 360 g/mol. The fourth-order valence-electron chi connectivity index (χ4n) is 2.89. The van der Waals surface area contributed by atoms with Gasteiger partial charge in [0.15, 0.2) is 5.76 Å². The lowest BCUT2D eigenvalue weighted by Gasteiger charge is -2.17. The van der Waals surface area contributed by atoms with Gasteiger partial charge in [0.05, 0.1) is 18.4 Å². The van der Waals surface area contributed by atoms with E-state index in [1.165, 1.54) is 19.0 Å². The third-order valence-electron chi connectivity index (χ3n) is 4.42. The van der Waals surface area contributed by atoms with Crippen LogP contribution in [0.3, 0.4) is 0 Å². The maximum absolute atomic E-state index is 12.6. The topological polar surface area (TPSA) is 109 Å². The number of carbonyl (C=O) groups excluding carboxylic acids is 1. The van der Waals surface area contributed by atoms with Gasteiger partial charge in [-0.3, -0.25) is 9.48 Å². The van der Waals surface area contributed by atoms with Crippen LogP contribution in [0, 0.1) is 5.92 Å². The number of sulfonamides is 1. The summed E-state index contributed by atoms with van der Waals surface area (Å²) in [6, 6.07) is 5.08. The molecule has 10 heteroatoms. The van der Waals surface area contributed by atoms with Crippen molar-refractivity contribution in [2.24, 2.45) is 5.92 Å².